The van der Waals surface area contributed by atoms with Crippen LogP contribution >= 0.6 is 0 Å². The SMILES string of the molecule is O=C(O)C1(c2ccc(O)cc2)CCCNC1. The number of benzene rings is 1. The fourth-order valence-electron chi connectivity index (χ4n) is 2.24. The Balaban J connectivity index is 2.38. The van der Waals surface area contributed by atoms with Crippen LogP contribution in [0, 0.1) is 0 Å². The van der Waals surface area contributed by atoms with Crippen molar-refractivity contribution in [1.29, 1.82) is 0 Å². The molecule has 1 aromatic rings. The molecule has 86 valence electrons. The van der Waals surface area contributed by atoms with Crippen molar-refractivity contribution in [2.45, 2.75) is 18.3 Å². The Bertz CT molecular complexity index is 380. The lowest BCUT2D eigenvalue weighted by Gasteiger charge is -2.34. The molecule has 1 atom stereocenters. The van der Waals surface area contributed by atoms with Crippen LogP contribution in [0.5, 0.6) is 5.75 Å². The van der Waals surface area contributed by atoms with Crippen molar-refractivity contribution in [3.05, 3.63) is 29.8 Å². The second kappa shape index (κ2) is 4.14. The average Bonchev–Trinajstić information content (AvgIpc) is 2.30. The monoisotopic (exact) mass is 221 g/mol. The minimum Gasteiger partial charge on any atom is -0.508 e. The van der Waals surface area contributed by atoms with Gasteiger partial charge >= 0.3 is 5.97 Å². The van der Waals surface area contributed by atoms with E-state index in [-0.39, 0.29) is 5.75 Å². The maximum Gasteiger partial charge on any atom is 0.315 e. The predicted octanol–water partition coefficient (Wildman–Crippen LogP) is 1.10. The smallest absolute Gasteiger partial charge is 0.315 e. The lowest BCUT2D eigenvalue weighted by Crippen LogP contribution is -2.48. The zero-order chi connectivity index (χ0) is 11.6. The van der Waals surface area contributed by atoms with Gasteiger partial charge in [-0.05, 0) is 37.1 Å². The van der Waals surface area contributed by atoms with Crippen LogP contribution in [0.2, 0.25) is 0 Å². The molecule has 1 saturated heterocycles. The van der Waals surface area contributed by atoms with E-state index in [2.05, 4.69) is 5.32 Å². The van der Waals surface area contributed by atoms with Gasteiger partial charge in [-0.1, -0.05) is 12.1 Å². The van der Waals surface area contributed by atoms with Crippen LogP contribution in [0.3, 0.4) is 0 Å². The number of phenolic OH excluding ortho intramolecular Hbond substituents is 1. The van der Waals surface area contributed by atoms with Crippen LogP contribution < -0.4 is 5.32 Å². The summed E-state index contributed by atoms with van der Waals surface area (Å²) in [5.74, 6) is -0.640. The summed E-state index contributed by atoms with van der Waals surface area (Å²) in [7, 11) is 0. The second-order valence-electron chi connectivity index (χ2n) is 4.21. The summed E-state index contributed by atoms with van der Waals surface area (Å²) in [6.07, 6.45) is 1.49. The first kappa shape index (κ1) is 11.0. The van der Waals surface area contributed by atoms with Gasteiger partial charge in [0.1, 0.15) is 11.2 Å². The highest BCUT2D eigenvalue weighted by Gasteiger charge is 2.41. The third-order valence-corrected chi connectivity index (χ3v) is 3.21. The largest absolute Gasteiger partial charge is 0.508 e. The lowest BCUT2D eigenvalue weighted by atomic mass is 9.75. The highest BCUT2D eigenvalue weighted by Crippen LogP contribution is 2.32. The summed E-state index contributed by atoms with van der Waals surface area (Å²) in [6.45, 7) is 1.32. The maximum atomic E-state index is 11.5. The van der Waals surface area contributed by atoms with Crippen LogP contribution in [-0.2, 0) is 10.2 Å². The molecule has 1 fully saturated rings. The number of hydrogen-bond donors (Lipinski definition) is 3. The molecule has 4 heteroatoms. The fraction of sp³-hybridized carbons (Fsp3) is 0.417. The van der Waals surface area contributed by atoms with E-state index in [0.29, 0.717) is 13.0 Å². The molecule has 1 aliphatic rings. The Hall–Kier alpha value is -1.55. The molecule has 0 spiro atoms. The van der Waals surface area contributed by atoms with Gasteiger partial charge < -0.3 is 15.5 Å². The van der Waals surface area contributed by atoms with Gasteiger partial charge in [0.15, 0.2) is 0 Å². The second-order valence-corrected chi connectivity index (χ2v) is 4.21. The van der Waals surface area contributed by atoms with Crippen molar-refractivity contribution >= 4 is 5.97 Å². The van der Waals surface area contributed by atoms with Crippen molar-refractivity contribution in [3.8, 4) is 5.75 Å². The van der Waals surface area contributed by atoms with Gasteiger partial charge in [0.05, 0.1) is 0 Å². The molecule has 3 N–H and O–H groups in total. The zero-order valence-electron chi connectivity index (χ0n) is 8.94. The molecule has 1 unspecified atom stereocenters. The number of nitrogens with one attached hydrogen (secondary N) is 1. The maximum absolute atomic E-state index is 11.5. The molecule has 0 radical (unpaired) electrons. The number of carbonyl (C=O) groups is 1. The van der Waals surface area contributed by atoms with Gasteiger partial charge in [0.2, 0.25) is 0 Å². The minimum absolute atomic E-state index is 0.160. The number of piperidine rings is 1. The number of aliphatic carboxylic acids is 1. The molecule has 1 aromatic carbocycles. The number of aromatic hydroxyl groups is 1. The molecule has 1 heterocycles. The number of carboxylic acid groups (broad SMARTS) is 1. The van der Waals surface area contributed by atoms with Crippen LogP contribution in [0.1, 0.15) is 18.4 Å². The van der Waals surface area contributed by atoms with Crippen molar-refractivity contribution in [2.24, 2.45) is 0 Å². The first-order chi connectivity index (χ1) is 7.65. The van der Waals surface area contributed by atoms with Crippen molar-refractivity contribution in [2.75, 3.05) is 13.1 Å². The van der Waals surface area contributed by atoms with Gasteiger partial charge in [-0.25, -0.2) is 0 Å². The predicted molar refractivity (Wildman–Crippen MR) is 59.5 cm³/mol. The molecule has 0 amide bonds. The van der Waals surface area contributed by atoms with E-state index < -0.39 is 11.4 Å². The zero-order valence-corrected chi connectivity index (χ0v) is 8.94. The van der Waals surface area contributed by atoms with E-state index in [0.717, 1.165) is 18.5 Å². The molecule has 0 aromatic heterocycles. The van der Waals surface area contributed by atoms with Gasteiger partial charge in [-0.3, -0.25) is 4.79 Å². The Labute approximate surface area is 93.9 Å². The summed E-state index contributed by atoms with van der Waals surface area (Å²) >= 11 is 0. The Morgan fingerprint density at radius 2 is 2.00 bits per heavy atom. The number of phenols is 1. The van der Waals surface area contributed by atoms with E-state index in [1.165, 1.54) is 12.1 Å². The molecule has 1 aliphatic heterocycles. The van der Waals surface area contributed by atoms with E-state index >= 15 is 0 Å². The summed E-state index contributed by atoms with van der Waals surface area (Å²) < 4.78 is 0. The van der Waals surface area contributed by atoms with E-state index in [1.54, 1.807) is 12.1 Å². The standard InChI is InChI=1S/C12H15NO3/c14-10-4-2-9(3-5-10)12(11(15)16)6-1-7-13-8-12/h2-5,13-14H,1,6-8H2,(H,15,16). The summed E-state index contributed by atoms with van der Waals surface area (Å²) in [5, 5.41) is 21.8. The number of carboxylic acids is 1. The van der Waals surface area contributed by atoms with E-state index in [4.69, 9.17) is 0 Å². The van der Waals surface area contributed by atoms with Crippen molar-refractivity contribution in [1.82, 2.24) is 5.32 Å². The van der Waals surface area contributed by atoms with Crippen molar-refractivity contribution < 1.29 is 15.0 Å². The third-order valence-electron chi connectivity index (χ3n) is 3.21. The normalized spacial score (nSPS) is 25.2. The van der Waals surface area contributed by atoms with Crippen molar-refractivity contribution in [3.63, 3.8) is 0 Å². The van der Waals surface area contributed by atoms with E-state index in [9.17, 15) is 15.0 Å². The van der Waals surface area contributed by atoms with Gasteiger partial charge in [0.25, 0.3) is 0 Å². The van der Waals surface area contributed by atoms with Gasteiger partial charge in [0, 0.05) is 6.54 Å². The Morgan fingerprint density at radius 1 is 1.31 bits per heavy atom. The van der Waals surface area contributed by atoms with E-state index in [1.807, 2.05) is 0 Å². The van der Waals surface area contributed by atoms with Crippen LogP contribution in [0.25, 0.3) is 0 Å². The molecule has 16 heavy (non-hydrogen) atoms. The fourth-order valence-corrected chi connectivity index (χ4v) is 2.24. The number of rotatable bonds is 2. The highest BCUT2D eigenvalue weighted by atomic mass is 16.4. The highest BCUT2D eigenvalue weighted by molar-refractivity contribution is 5.82. The summed E-state index contributed by atoms with van der Waals surface area (Å²) in [6, 6.07) is 6.45. The Kier molecular flexibility index (Phi) is 2.83. The summed E-state index contributed by atoms with van der Waals surface area (Å²) in [5.41, 5.74) is -0.0867. The van der Waals surface area contributed by atoms with Gasteiger partial charge in [-0.2, -0.15) is 0 Å². The Morgan fingerprint density at radius 3 is 2.50 bits per heavy atom. The third kappa shape index (κ3) is 1.76. The first-order valence-electron chi connectivity index (χ1n) is 5.39. The lowest BCUT2D eigenvalue weighted by molar-refractivity contribution is -0.144. The molecular weight excluding hydrogens is 206 g/mol. The van der Waals surface area contributed by atoms with Crippen LogP contribution in [0.4, 0.5) is 0 Å². The molecule has 0 aliphatic carbocycles. The number of hydrogen-bond acceptors (Lipinski definition) is 3. The molecular formula is C12H15NO3. The summed E-state index contributed by atoms with van der Waals surface area (Å²) in [4.78, 5) is 11.5. The average molecular weight is 221 g/mol. The van der Waals surface area contributed by atoms with Gasteiger partial charge in [-0.15, -0.1) is 0 Å². The first-order valence-corrected chi connectivity index (χ1v) is 5.39. The topological polar surface area (TPSA) is 69.6 Å². The molecule has 4 nitrogen and oxygen atoms in total. The van der Waals surface area contributed by atoms with Crippen LogP contribution in [-0.4, -0.2) is 29.3 Å². The quantitative estimate of drug-likeness (QED) is 0.699. The molecule has 2 rings (SSSR count). The molecule has 0 saturated carbocycles. The van der Waals surface area contributed by atoms with Crippen LogP contribution in [0.15, 0.2) is 24.3 Å². The molecule has 0 bridgehead atoms. The minimum atomic E-state index is -0.841.